The van der Waals surface area contributed by atoms with Crippen LogP contribution in [0.5, 0.6) is 0 Å². The average Bonchev–Trinajstić information content (AvgIpc) is 3.29. The van der Waals surface area contributed by atoms with Crippen LogP contribution in [0.3, 0.4) is 0 Å². The van der Waals surface area contributed by atoms with Crippen molar-refractivity contribution >= 4 is 34.2 Å². The largest absolute Gasteiger partial charge is 0.396 e. The van der Waals surface area contributed by atoms with Gasteiger partial charge in [-0.05, 0) is 42.2 Å². The van der Waals surface area contributed by atoms with Crippen LogP contribution in [0, 0.1) is 11.8 Å². The smallest absolute Gasteiger partial charge is 0.253 e. The number of ether oxygens (including phenoxy) is 1. The molecule has 4 aliphatic rings. The molecule has 2 saturated heterocycles. The molecule has 0 saturated carbocycles. The van der Waals surface area contributed by atoms with E-state index in [2.05, 4.69) is 0 Å². The Morgan fingerprint density at radius 1 is 0.902 bits per heavy atom. The number of amides is 3. The number of rotatable bonds is 9. The molecule has 5 atom stereocenters. The van der Waals surface area contributed by atoms with Gasteiger partial charge in [-0.1, -0.05) is 74.4 Å². The van der Waals surface area contributed by atoms with Gasteiger partial charge in [-0.25, -0.2) is 0 Å². The van der Waals surface area contributed by atoms with Crippen molar-refractivity contribution in [2.75, 3.05) is 37.7 Å². The van der Waals surface area contributed by atoms with Gasteiger partial charge in [0.15, 0.2) is 0 Å². The second-order valence-corrected chi connectivity index (χ2v) is 11.6. The quantitative estimate of drug-likeness (QED) is 0.375. The lowest BCUT2D eigenvalue weighted by molar-refractivity contribution is -0.144. The van der Waals surface area contributed by atoms with E-state index in [1.54, 1.807) is 9.80 Å². The third-order valence-electron chi connectivity index (χ3n) is 9.09. The lowest BCUT2D eigenvalue weighted by atomic mass is 9.77. The zero-order valence-corrected chi connectivity index (χ0v) is 23.7. The highest BCUT2D eigenvalue weighted by Gasteiger charge is 2.71. The Hall–Kier alpha value is -3.49. The van der Waals surface area contributed by atoms with Gasteiger partial charge in [-0.2, -0.15) is 0 Å². The van der Waals surface area contributed by atoms with Crippen molar-refractivity contribution in [1.29, 1.82) is 0 Å². The SMILES string of the molecule is CCCN1CC=C[C@@H]2O[C@]34C=CCN(c5ccc6ccccc6c5)C(=O)C3N(CCCCCCO)C(=O)[C@@H]4[C@@H]2C1=O. The zero-order chi connectivity index (χ0) is 28.6. The van der Waals surface area contributed by atoms with Gasteiger partial charge in [0.05, 0.1) is 17.9 Å². The van der Waals surface area contributed by atoms with Crippen molar-refractivity contribution in [3.63, 3.8) is 0 Å². The van der Waals surface area contributed by atoms with Gasteiger partial charge in [-0.15, -0.1) is 0 Å². The molecule has 0 bridgehead atoms. The van der Waals surface area contributed by atoms with Crippen molar-refractivity contribution in [1.82, 2.24) is 9.80 Å². The molecule has 8 heteroatoms. The molecule has 3 amide bonds. The molecule has 216 valence electrons. The van der Waals surface area contributed by atoms with E-state index in [0.29, 0.717) is 39.0 Å². The maximum absolute atomic E-state index is 14.6. The third kappa shape index (κ3) is 4.67. The van der Waals surface area contributed by atoms with Gasteiger partial charge >= 0.3 is 0 Å². The van der Waals surface area contributed by atoms with Crippen molar-refractivity contribution in [2.24, 2.45) is 11.8 Å². The summed E-state index contributed by atoms with van der Waals surface area (Å²) in [6.45, 7) is 4.05. The molecule has 1 N–H and O–H groups in total. The number of unbranched alkanes of at least 4 members (excludes halogenated alkanes) is 3. The summed E-state index contributed by atoms with van der Waals surface area (Å²) in [4.78, 5) is 48.0. The van der Waals surface area contributed by atoms with Crippen molar-refractivity contribution in [3.05, 3.63) is 66.8 Å². The van der Waals surface area contributed by atoms with Gasteiger partial charge in [0, 0.05) is 38.5 Å². The summed E-state index contributed by atoms with van der Waals surface area (Å²) in [7, 11) is 0. The highest BCUT2D eigenvalue weighted by molar-refractivity contribution is 6.06. The predicted molar refractivity (Wildman–Crippen MR) is 157 cm³/mol. The number of nitrogens with zero attached hydrogens (tertiary/aromatic N) is 3. The summed E-state index contributed by atoms with van der Waals surface area (Å²) in [6.07, 6.45) is 11.1. The van der Waals surface area contributed by atoms with E-state index in [1.807, 2.05) is 78.6 Å². The van der Waals surface area contributed by atoms with Crippen LogP contribution in [-0.2, 0) is 19.1 Å². The van der Waals surface area contributed by atoms with Crippen molar-refractivity contribution < 1.29 is 24.2 Å². The lowest BCUT2D eigenvalue weighted by Gasteiger charge is -2.35. The van der Waals surface area contributed by atoms with Gasteiger partial charge in [0.25, 0.3) is 5.91 Å². The predicted octanol–water partition coefficient (Wildman–Crippen LogP) is 3.68. The maximum atomic E-state index is 14.6. The van der Waals surface area contributed by atoms with E-state index in [-0.39, 0.29) is 24.3 Å². The third-order valence-corrected chi connectivity index (χ3v) is 9.09. The Kier molecular flexibility index (Phi) is 7.70. The number of carbonyl (C=O) groups is 3. The molecule has 0 aliphatic carbocycles. The summed E-state index contributed by atoms with van der Waals surface area (Å²) in [5.41, 5.74) is -0.443. The minimum absolute atomic E-state index is 0.0721. The standard InChI is InChI=1S/C33H39N3O5/c1-2-17-34-18-9-13-26-27(30(34)38)28-31(39)36(19-7-3-4-8-21-37)29-32(40)35(20-10-16-33(28,29)41-26)25-15-14-23-11-5-6-12-24(23)22-25/h5-6,9-16,22,26-29,37H,2-4,7-8,17-21H2,1H3/t26-,27+,28-,29?,33-/m0/s1. The highest BCUT2D eigenvalue weighted by Crippen LogP contribution is 2.53. The van der Waals surface area contributed by atoms with Crippen LogP contribution >= 0.6 is 0 Å². The van der Waals surface area contributed by atoms with Crippen LogP contribution in [0.1, 0.15) is 39.0 Å². The van der Waals surface area contributed by atoms with Gasteiger partial charge < -0.3 is 24.5 Å². The molecule has 2 fully saturated rings. The Balaban J connectivity index is 1.39. The van der Waals surface area contributed by atoms with E-state index in [0.717, 1.165) is 35.7 Å². The molecule has 0 radical (unpaired) electrons. The molecular weight excluding hydrogens is 518 g/mol. The summed E-state index contributed by atoms with van der Waals surface area (Å²) in [5.74, 6) is -1.87. The number of benzene rings is 2. The highest BCUT2D eigenvalue weighted by atomic mass is 16.5. The summed E-state index contributed by atoms with van der Waals surface area (Å²) in [6, 6.07) is 13.2. The average molecular weight is 558 g/mol. The van der Waals surface area contributed by atoms with Gasteiger partial charge in [0.1, 0.15) is 11.6 Å². The van der Waals surface area contributed by atoms with E-state index < -0.39 is 29.6 Å². The molecule has 4 aliphatic heterocycles. The van der Waals surface area contributed by atoms with Crippen LogP contribution in [-0.4, -0.2) is 83.2 Å². The molecule has 8 nitrogen and oxygen atoms in total. The Labute approximate surface area is 241 Å². The first-order valence-corrected chi connectivity index (χ1v) is 15.0. The molecule has 4 heterocycles. The maximum Gasteiger partial charge on any atom is 0.253 e. The molecule has 1 unspecified atom stereocenters. The number of hydrogen-bond donors (Lipinski definition) is 1. The molecule has 1 spiro atoms. The van der Waals surface area contributed by atoms with Gasteiger partial charge in [-0.3, -0.25) is 14.4 Å². The molecule has 0 aromatic heterocycles. The second-order valence-electron chi connectivity index (χ2n) is 11.6. The minimum atomic E-state index is -1.21. The number of anilines is 1. The first kappa shape index (κ1) is 27.7. The molecule has 6 rings (SSSR count). The number of carbonyl (C=O) groups excluding carboxylic acids is 3. The van der Waals surface area contributed by atoms with E-state index in [4.69, 9.17) is 4.74 Å². The molecule has 41 heavy (non-hydrogen) atoms. The minimum Gasteiger partial charge on any atom is -0.396 e. The lowest BCUT2D eigenvalue weighted by Crippen LogP contribution is -2.55. The Morgan fingerprint density at radius 3 is 2.51 bits per heavy atom. The van der Waals surface area contributed by atoms with E-state index >= 15 is 0 Å². The summed E-state index contributed by atoms with van der Waals surface area (Å²) >= 11 is 0. The summed E-state index contributed by atoms with van der Waals surface area (Å²) < 4.78 is 6.74. The first-order chi connectivity index (χ1) is 20.0. The number of likely N-dealkylation sites (tertiary alicyclic amines) is 1. The van der Waals surface area contributed by atoms with Crippen molar-refractivity contribution in [2.45, 2.75) is 56.8 Å². The fraction of sp³-hybridized carbons (Fsp3) is 0.485. The van der Waals surface area contributed by atoms with E-state index in [1.165, 1.54) is 0 Å². The monoisotopic (exact) mass is 557 g/mol. The number of aliphatic hydroxyl groups is 1. The van der Waals surface area contributed by atoms with Crippen LogP contribution in [0.25, 0.3) is 10.8 Å². The van der Waals surface area contributed by atoms with E-state index in [9.17, 15) is 19.5 Å². The number of hydrogen-bond acceptors (Lipinski definition) is 5. The fourth-order valence-electron chi connectivity index (χ4n) is 7.22. The number of aliphatic hydroxyl groups excluding tert-OH is 1. The first-order valence-electron chi connectivity index (χ1n) is 15.0. The Bertz CT molecular complexity index is 1390. The molecule has 2 aromatic rings. The van der Waals surface area contributed by atoms with Crippen LogP contribution in [0.15, 0.2) is 66.8 Å². The normalized spacial score (nSPS) is 29.1. The zero-order valence-electron chi connectivity index (χ0n) is 23.7. The van der Waals surface area contributed by atoms with Gasteiger partial charge in [0.2, 0.25) is 11.8 Å². The van der Waals surface area contributed by atoms with Crippen LogP contribution in [0.2, 0.25) is 0 Å². The van der Waals surface area contributed by atoms with Crippen molar-refractivity contribution in [3.8, 4) is 0 Å². The fourth-order valence-corrected chi connectivity index (χ4v) is 7.22. The second kappa shape index (κ2) is 11.4. The molecular formula is C33H39N3O5. The van der Waals surface area contributed by atoms with Crippen LogP contribution in [0.4, 0.5) is 5.69 Å². The van der Waals surface area contributed by atoms with Crippen LogP contribution < -0.4 is 4.90 Å². The number of fused-ring (bicyclic) bond motifs is 3. The topological polar surface area (TPSA) is 90.4 Å². The summed E-state index contributed by atoms with van der Waals surface area (Å²) in [5, 5.41) is 11.3. The Morgan fingerprint density at radius 2 is 1.71 bits per heavy atom. The molecule has 2 aromatic carbocycles.